The molecule has 17 heavy (non-hydrogen) atoms. The van der Waals surface area contributed by atoms with E-state index in [0.717, 1.165) is 0 Å². The molecule has 1 amide bonds. The van der Waals surface area contributed by atoms with Crippen LogP contribution in [0, 0.1) is 5.92 Å². The highest BCUT2D eigenvalue weighted by Gasteiger charge is 2.56. The topological polar surface area (TPSA) is 84.2 Å². The van der Waals surface area contributed by atoms with Crippen LogP contribution in [-0.2, 0) is 9.59 Å². The van der Waals surface area contributed by atoms with E-state index in [1.54, 1.807) is 13.8 Å². The number of carbonyl (C=O) groups is 2. The summed E-state index contributed by atoms with van der Waals surface area (Å²) in [5, 5.41) is 5.42. The van der Waals surface area contributed by atoms with Gasteiger partial charge in [0.05, 0.1) is 0 Å². The van der Waals surface area contributed by atoms with Gasteiger partial charge in [-0.2, -0.15) is 0 Å². The summed E-state index contributed by atoms with van der Waals surface area (Å²) in [6.07, 6.45) is 0.0786. The summed E-state index contributed by atoms with van der Waals surface area (Å²) in [6, 6.07) is 0. The van der Waals surface area contributed by atoms with Gasteiger partial charge in [0.25, 0.3) is 0 Å². The zero-order valence-corrected chi connectivity index (χ0v) is 10.5. The number of nitrogens with two attached hydrogens (primary N) is 1. The van der Waals surface area contributed by atoms with E-state index in [4.69, 9.17) is 5.73 Å². The minimum atomic E-state index is -2.01. The summed E-state index contributed by atoms with van der Waals surface area (Å²) < 4.78 is 14.4. The molecule has 0 aliphatic carbocycles. The van der Waals surface area contributed by atoms with Crippen LogP contribution in [0.2, 0.25) is 0 Å². The first-order valence-electron chi connectivity index (χ1n) is 5.74. The van der Waals surface area contributed by atoms with Gasteiger partial charge in [0.15, 0.2) is 11.2 Å². The molecule has 1 aliphatic heterocycles. The number of primary amides is 1. The molecule has 0 unspecified atom stereocenters. The number of halogens is 1. The van der Waals surface area contributed by atoms with Gasteiger partial charge in [-0.15, -0.1) is 0 Å². The second-order valence-electron chi connectivity index (χ2n) is 4.80. The Bertz CT molecular complexity index is 327. The largest absolute Gasteiger partial charge is 0.368 e. The second-order valence-corrected chi connectivity index (χ2v) is 4.80. The minimum Gasteiger partial charge on any atom is -0.368 e. The van der Waals surface area contributed by atoms with Crippen LogP contribution in [-0.4, -0.2) is 43.0 Å². The smallest absolute Gasteiger partial charge is 0.245 e. The van der Waals surface area contributed by atoms with Gasteiger partial charge in [-0.05, 0) is 19.5 Å². The van der Waals surface area contributed by atoms with Crippen LogP contribution in [0.3, 0.4) is 0 Å². The van der Waals surface area contributed by atoms with E-state index >= 15 is 0 Å². The molecule has 0 radical (unpaired) electrons. The standard InChI is InChI=1S/C11H20FN3O2/c1-7(2)11(14-3,9(13)17)8(16)10(12)4-5-15-6-10/h7,14-15H,4-6H2,1-3H3,(H2,13,17)/t10-,11+/m0/s1. The van der Waals surface area contributed by atoms with Crippen molar-refractivity contribution in [3.63, 3.8) is 0 Å². The lowest BCUT2D eigenvalue weighted by Crippen LogP contribution is -2.68. The first-order chi connectivity index (χ1) is 7.81. The van der Waals surface area contributed by atoms with Crippen LogP contribution >= 0.6 is 0 Å². The number of nitrogens with one attached hydrogen (secondary N) is 2. The third kappa shape index (κ3) is 2.07. The highest BCUT2D eigenvalue weighted by molar-refractivity contribution is 6.14. The fourth-order valence-corrected chi connectivity index (χ4v) is 2.39. The average Bonchev–Trinajstić information content (AvgIpc) is 2.67. The molecule has 4 N–H and O–H groups in total. The number of hydrogen-bond donors (Lipinski definition) is 3. The van der Waals surface area contributed by atoms with Crippen LogP contribution in [0.25, 0.3) is 0 Å². The van der Waals surface area contributed by atoms with E-state index in [2.05, 4.69) is 10.6 Å². The Morgan fingerprint density at radius 1 is 1.53 bits per heavy atom. The van der Waals surface area contributed by atoms with Crippen LogP contribution in [0.1, 0.15) is 20.3 Å². The highest BCUT2D eigenvalue weighted by Crippen LogP contribution is 2.30. The minimum absolute atomic E-state index is 0.0603. The fraction of sp³-hybridized carbons (Fsp3) is 0.818. The summed E-state index contributed by atoms with van der Waals surface area (Å²) in [5.41, 5.74) is 1.65. The monoisotopic (exact) mass is 245 g/mol. The molecule has 1 saturated heterocycles. The van der Waals surface area contributed by atoms with Crippen molar-refractivity contribution in [3.8, 4) is 0 Å². The molecule has 0 bridgehead atoms. The SMILES string of the molecule is CN[C@@](C(N)=O)(C(=O)[C@]1(F)CCNC1)C(C)C. The van der Waals surface area contributed by atoms with E-state index in [-0.39, 0.29) is 13.0 Å². The maximum atomic E-state index is 14.4. The molecule has 0 saturated carbocycles. The molecule has 0 spiro atoms. The van der Waals surface area contributed by atoms with Crippen LogP contribution in [0.15, 0.2) is 0 Å². The molecule has 2 atom stereocenters. The van der Waals surface area contributed by atoms with Gasteiger partial charge in [0.2, 0.25) is 11.7 Å². The summed E-state index contributed by atoms with van der Waals surface area (Å²) in [6.45, 7) is 3.71. The van der Waals surface area contributed by atoms with Crippen molar-refractivity contribution in [1.29, 1.82) is 0 Å². The number of rotatable bonds is 5. The summed E-state index contributed by atoms with van der Waals surface area (Å²) in [7, 11) is 1.45. The van der Waals surface area contributed by atoms with Gasteiger partial charge in [-0.25, -0.2) is 4.39 Å². The number of alkyl halides is 1. The Morgan fingerprint density at radius 2 is 2.12 bits per heavy atom. The van der Waals surface area contributed by atoms with E-state index in [9.17, 15) is 14.0 Å². The number of ketones is 1. The quantitative estimate of drug-likeness (QED) is 0.562. The normalized spacial score (nSPS) is 28.1. The van der Waals surface area contributed by atoms with Gasteiger partial charge in [-0.3, -0.25) is 14.9 Å². The molecule has 0 aromatic rings. The molecule has 1 aliphatic rings. The highest BCUT2D eigenvalue weighted by atomic mass is 19.1. The molecule has 1 heterocycles. The Kier molecular flexibility index (Phi) is 3.88. The van der Waals surface area contributed by atoms with Crippen molar-refractivity contribution < 1.29 is 14.0 Å². The Hall–Kier alpha value is -1.01. The average molecular weight is 245 g/mol. The first kappa shape index (κ1) is 14.1. The molecule has 0 aromatic carbocycles. The predicted molar refractivity (Wildman–Crippen MR) is 62.2 cm³/mol. The molecule has 5 nitrogen and oxygen atoms in total. The van der Waals surface area contributed by atoms with Crippen molar-refractivity contribution in [2.24, 2.45) is 11.7 Å². The number of likely N-dealkylation sites (N-methyl/N-ethyl adjacent to an activating group) is 1. The summed E-state index contributed by atoms with van der Waals surface area (Å²) in [4.78, 5) is 23.9. The summed E-state index contributed by atoms with van der Waals surface area (Å²) >= 11 is 0. The maximum absolute atomic E-state index is 14.4. The molecule has 6 heteroatoms. The van der Waals surface area contributed by atoms with Crippen molar-refractivity contribution in [2.75, 3.05) is 20.1 Å². The lowest BCUT2D eigenvalue weighted by Gasteiger charge is -2.36. The van der Waals surface area contributed by atoms with Crippen LogP contribution < -0.4 is 16.4 Å². The van der Waals surface area contributed by atoms with Crippen molar-refractivity contribution in [3.05, 3.63) is 0 Å². The zero-order chi connectivity index (χ0) is 13.3. The third-order valence-corrected chi connectivity index (χ3v) is 3.52. The lowest BCUT2D eigenvalue weighted by atomic mass is 9.75. The zero-order valence-electron chi connectivity index (χ0n) is 10.5. The van der Waals surface area contributed by atoms with E-state index in [0.29, 0.717) is 6.54 Å². The molecular formula is C11H20FN3O2. The van der Waals surface area contributed by atoms with E-state index in [1.165, 1.54) is 7.05 Å². The molecular weight excluding hydrogens is 225 g/mol. The number of amides is 1. The van der Waals surface area contributed by atoms with Gasteiger partial charge >= 0.3 is 0 Å². The van der Waals surface area contributed by atoms with Crippen molar-refractivity contribution >= 4 is 11.7 Å². The number of carbonyl (C=O) groups excluding carboxylic acids is 2. The predicted octanol–water partition coefficient (Wildman–Crippen LogP) is -0.643. The van der Waals surface area contributed by atoms with E-state index in [1.807, 2.05) is 0 Å². The number of Topliss-reactive ketones (excluding diaryl/α,β-unsaturated/α-hetero) is 1. The van der Waals surface area contributed by atoms with Crippen molar-refractivity contribution in [2.45, 2.75) is 31.5 Å². The molecule has 0 aromatic heterocycles. The Morgan fingerprint density at radius 3 is 2.41 bits per heavy atom. The fourth-order valence-electron chi connectivity index (χ4n) is 2.39. The Balaban J connectivity index is 3.15. The van der Waals surface area contributed by atoms with Gasteiger partial charge in [-0.1, -0.05) is 13.8 Å². The Labute approximate surface area is 100 Å². The number of hydrogen-bond acceptors (Lipinski definition) is 4. The molecule has 1 fully saturated rings. The van der Waals surface area contributed by atoms with Gasteiger partial charge in [0, 0.05) is 13.0 Å². The molecule has 1 rings (SSSR count). The first-order valence-corrected chi connectivity index (χ1v) is 5.74. The van der Waals surface area contributed by atoms with Gasteiger partial charge in [0.1, 0.15) is 0 Å². The van der Waals surface area contributed by atoms with Crippen molar-refractivity contribution in [1.82, 2.24) is 10.6 Å². The van der Waals surface area contributed by atoms with Gasteiger partial charge < -0.3 is 11.1 Å². The molecule has 98 valence electrons. The second kappa shape index (κ2) is 4.70. The third-order valence-electron chi connectivity index (χ3n) is 3.52. The van der Waals surface area contributed by atoms with Crippen LogP contribution in [0.4, 0.5) is 4.39 Å². The summed E-state index contributed by atoms with van der Waals surface area (Å²) in [5.74, 6) is -2.00. The van der Waals surface area contributed by atoms with Crippen LogP contribution in [0.5, 0.6) is 0 Å². The van der Waals surface area contributed by atoms with E-state index < -0.39 is 28.8 Å². The maximum Gasteiger partial charge on any atom is 0.245 e. The lowest BCUT2D eigenvalue weighted by molar-refractivity contribution is -0.145.